The average molecular weight is 404 g/mol. The third-order valence-electron chi connectivity index (χ3n) is 8.18. The fraction of sp³-hybridized carbons (Fsp3) is 0.615. The van der Waals surface area contributed by atoms with Gasteiger partial charge in [0, 0.05) is 24.8 Å². The van der Waals surface area contributed by atoms with Crippen molar-refractivity contribution in [1.82, 2.24) is 10.2 Å². The maximum Gasteiger partial charge on any atom is 0.265 e. The van der Waals surface area contributed by atoms with Crippen molar-refractivity contribution in [3.63, 3.8) is 0 Å². The molecule has 0 spiro atoms. The van der Waals surface area contributed by atoms with Gasteiger partial charge in [-0.1, -0.05) is 30.3 Å². The van der Waals surface area contributed by atoms with Crippen molar-refractivity contribution in [3.05, 3.63) is 47.7 Å². The van der Waals surface area contributed by atoms with Crippen LogP contribution in [0.1, 0.15) is 56.9 Å². The van der Waals surface area contributed by atoms with Crippen molar-refractivity contribution >= 4 is 5.91 Å². The highest BCUT2D eigenvalue weighted by molar-refractivity contribution is 5.97. The van der Waals surface area contributed by atoms with Crippen LogP contribution in [0.25, 0.3) is 0 Å². The van der Waals surface area contributed by atoms with Crippen LogP contribution >= 0.6 is 0 Å². The predicted molar refractivity (Wildman–Crippen MR) is 117 cm³/mol. The van der Waals surface area contributed by atoms with Crippen molar-refractivity contribution in [3.8, 4) is 6.07 Å². The lowest BCUT2D eigenvalue weighted by molar-refractivity contribution is -0.128. The molecule has 0 unspecified atom stereocenters. The number of nitrogens with one attached hydrogen (secondary N) is 1. The zero-order chi connectivity index (χ0) is 20.6. The van der Waals surface area contributed by atoms with E-state index in [0.717, 1.165) is 50.1 Å². The minimum atomic E-state index is -0.0899. The Balaban J connectivity index is 1.18. The van der Waals surface area contributed by atoms with Crippen LogP contribution in [0.15, 0.2) is 42.1 Å². The molecule has 5 aliphatic rings. The minimum absolute atomic E-state index is 0.0899. The first-order valence-electron chi connectivity index (χ1n) is 11.8. The number of carbonyl (C=O) groups is 1. The molecule has 4 saturated carbocycles. The summed E-state index contributed by atoms with van der Waals surface area (Å²) < 4.78 is 0. The van der Waals surface area contributed by atoms with E-state index < -0.39 is 0 Å². The van der Waals surface area contributed by atoms with Gasteiger partial charge < -0.3 is 10.2 Å². The van der Waals surface area contributed by atoms with Crippen molar-refractivity contribution in [1.29, 1.82) is 5.26 Å². The van der Waals surface area contributed by atoms with Crippen LogP contribution in [-0.2, 0) is 11.2 Å². The summed E-state index contributed by atoms with van der Waals surface area (Å²) in [4.78, 5) is 14.9. The standard InChI is InChI=1S/C26H33N3O/c27-17-24(18-28-26-14-21-11-22(15-26)13-23(12-21)16-26)25(30)29-8-6-20(7-9-29)10-19-4-2-1-3-5-19/h1-5,18,20-23,28H,6-16H2/b24-18-. The minimum Gasteiger partial charge on any atom is -0.384 e. The molecule has 30 heavy (non-hydrogen) atoms. The fourth-order valence-electron chi connectivity index (χ4n) is 7.11. The predicted octanol–water partition coefficient (Wildman–Crippen LogP) is 4.43. The lowest BCUT2D eigenvalue weighted by atomic mass is 9.53. The molecule has 1 N–H and O–H groups in total. The molecule has 1 heterocycles. The fourth-order valence-corrected chi connectivity index (χ4v) is 7.11. The Bertz CT molecular complexity index is 809. The summed E-state index contributed by atoms with van der Waals surface area (Å²) in [6.45, 7) is 1.51. The number of hydrogen-bond acceptors (Lipinski definition) is 3. The zero-order valence-electron chi connectivity index (χ0n) is 17.9. The SMILES string of the molecule is N#C/C(=C/NC12CC3CC(CC(C3)C1)C2)C(=O)N1CCC(Cc2ccccc2)CC1. The Morgan fingerprint density at radius 1 is 1.07 bits per heavy atom. The van der Waals surface area contributed by atoms with E-state index in [-0.39, 0.29) is 17.0 Å². The molecule has 0 atom stereocenters. The van der Waals surface area contributed by atoms with E-state index in [1.54, 1.807) is 6.20 Å². The Morgan fingerprint density at radius 3 is 2.23 bits per heavy atom. The summed E-state index contributed by atoms with van der Waals surface area (Å²) in [6, 6.07) is 12.8. The van der Waals surface area contributed by atoms with Crippen LogP contribution in [0, 0.1) is 35.0 Å². The molecule has 4 heteroatoms. The second-order valence-electron chi connectivity index (χ2n) is 10.4. The van der Waals surface area contributed by atoms with Gasteiger partial charge in [-0.3, -0.25) is 4.79 Å². The van der Waals surface area contributed by atoms with Crippen molar-refractivity contribution < 1.29 is 4.79 Å². The second-order valence-corrected chi connectivity index (χ2v) is 10.4. The third kappa shape index (κ3) is 4.00. The van der Waals surface area contributed by atoms with Gasteiger partial charge in [0.2, 0.25) is 0 Å². The maximum absolute atomic E-state index is 13.0. The van der Waals surface area contributed by atoms with Gasteiger partial charge in [-0.2, -0.15) is 5.26 Å². The molecule has 1 aromatic carbocycles. The number of nitrogens with zero attached hydrogens (tertiary/aromatic N) is 2. The van der Waals surface area contributed by atoms with Crippen LogP contribution in [-0.4, -0.2) is 29.4 Å². The molecule has 1 aromatic rings. The Labute approximate surface area is 180 Å². The highest BCUT2D eigenvalue weighted by Gasteiger charge is 2.50. The zero-order valence-corrected chi connectivity index (χ0v) is 17.9. The van der Waals surface area contributed by atoms with Gasteiger partial charge in [0.1, 0.15) is 11.6 Å². The molecule has 0 radical (unpaired) electrons. The van der Waals surface area contributed by atoms with Crippen LogP contribution in [0.2, 0.25) is 0 Å². The molecule has 1 aliphatic heterocycles. The second kappa shape index (κ2) is 8.10. The first kappa shape index (κ1) is 19.7. The average Bonchev–Trinajstić information content (AvgIpc) is 2.74. The van der Waals surface area contributed by atoms with Crippen molar-refractivity contribution in [2.45, 2.75) is 63.3 Å². The van der Waals surface area contributed by atoms with Crippen LogP contribution < -0.4 is 5.32 Å². The van der Waals surface area contributed by atoms with Crippen LogP contribution in [0.5, 0.6) is 0 Å². The number of nitriles is 1. The molecule has 6 rings (SSSR count). The topological polar surface area (TPSA) is 56.1 Å². The summed E-state index contributed by atoms with van der Waals surface area (Å²) in [6.07, 6.45) is 12.7. The van der Waals surface area contributed by atoms with E-state index in [4.69, 9.17) is 0 Å². The first-order valence-corrected chi connectivity index (χ1v) is 11.8. The number of benzene rings is 1. The van der Waals surface area contributed by atoms with E-state index >= 15 is 0 Å². The molecule has 4 nitrogen and oxygen atoms in total. The van der Waals surface area contributed by atoms with Gasteiger partial charge in [-0.05, 0) is 87.0 Å². The van der Waals surface area contributed by atoms with Crippen LogP contribution in [0.3, 0.4) is 0 Å². The van der Waals surface area contributed by atoms with Gasteiger partial charge in [0.05, 0.1) is 0 Å². The summed E-state index contributed by atoms with van der Waals surface area (Å²) in [5.41, 5.74) is 1.80. The van der Waals surface area contributed by atoms with E-state index in [9.17, 15) is 10.1 Å². The molecule has 5 fully saturated rings. The van der Waals surface area contributed by atoms with Gasteiger partial charge in [-0.15, -0.1) is 0 Å². The largest absolute Gasteiger partial charge is 0.384 e. The summed E-state index contributed by atoms with van der Waals surface area (Å²) in [5, 5.41) is 13.3. The highest BCUT2D eigenvalue weighted by atomic mass is 16.2. The van der Waals surface area contributed by atoms with E-state index in [1.807, 2.05) is 4.90 Å². The first-order chi connectivity index (χ1) is 14.6. The summed E-state index contributed by atoms with van der Waals surface area (Å²) >= 11 is 0. The van der Waals surface area contributed by atoms with Gasteiger partial charge in [0.25, 0.3) is 5.91 Å². The molecule has 4 bridgehead atoms. The molecule has 158 valence electrons. The van der Waals surface area contributed by atoms with Crippen LogP contribution in [0.4, 0.5) is 0 Å². The lowest BCUT2D eigenvalue weighted by Gasteiger charge is -2.57. The number of likely N-dealkylation sites (tertiary alicyclic amines) is 1. The van der Waals surface area contributed by atoms with Crippen molar-refractivity contribution in [2.24, 2.45) is 23.7 Å². The monoisotopic (exact) mass is 403 g/mol. The number of carbonyl (C=O) groups excluding carboxylic acids is 1. The number of amides is 1. The van der Waals surface area contributed by atoms with E-state index in [0.29, 0.717) is 5.92 Å². The third-order valence-corrected chi connectivity index (χ3v) is 8.18. The number of piperidine rings is 1. The normalized spacial score (nSPS) is 33.4. The molecule has 4 aliphatic carbocycles. The molecule has 0 aromatic heterocycles. The smallest absolute Gasteiger partial charge is 0.265 e. The highest BCUT2D eigenvalue weighted by Crippen LogP contribution is 2.55. The summed E-state index contributed by atoms with van der Waals surface area (Å²) in [7, 11) is 0. The van der Waals surface area contributed by atoms with Crippen molar-refractivity contribution in [2.75, 3.05) is 13.1 Å². The Morgan fingerprint density at radius 2 is 1.67 bits per heavy atom. The molecule has 1 saturated heterocycles. The van der Waals surface area contributed by atoms with Gasteiger partial charge >= 0.3 is 0 Å². The maximum atomic E-state index is 13.0. The molecular formula is C26H33N3O. The lowest BCUT2D eigenvalue weighted by Crippen LogP contribution is -2.57. The quantitative estimate of drug-likeness (QED) is 0.584. The van der Waals surface area contributed by atoms with Gasteiger partial charge in [-0.25, -0.2) is 0 Å². The Hall–Kier alpha value is -2.28. The number of rotatable bonds is 5. The van der Waals surface area contributed by atoms with E-state index in [2.05, 4.69) is 41.7 Å². The van der Waals surface area contributed by atoms with E-state index in [1.165, 1.54) is 44.1 Å². The van der Waals surface area contributed by atoms with Gasteiger partial charge in [0.15, 0.2) is 0 Å². The molecule has 1 amide bonds. The Kier molecular flexibility index (Phi) is 5.31. The molecular weight excluding hydrogens is 370 g/mol. The summed E-state index contributed by atoms with van der Waals surface area (Å²) in [5.74, 6) is 3.08. The number of hydrogen-bond donors (Lipinski definition) is 1.